The molecule has 0 fully saturated rings. The van der Waals surface area contributed by atoms with Gasteiger partial charge in [-0.05, 0) is 56.9 Å². The van der Waals surface area contributed by atoms with E-state index in [0.717, 1.165) is 51.1 Å². The Bertz CT molecular complexity index is 433. The second-order valence-electron chi connectivity index (χ2n) is 6.24. The lowest BCUT2D eigenvalue weighted by Crippen LogP contribution is -2.36. The van der Waals surface area contributed by atoms with Crippen LogP contribution >= 0.6 is 0 Å². The van der Waals surface area contributed by atoms with E-state index in [2.05, 4.69) is 39.8 Å². The lowest BCUT2D eigenvalue weighted by molar-refractivity contribution is -0.225. The smallest absolute Gasteiger partial charge is 0.169 e. The SMILES string of the molecule is CCCCOC(C)(Cc1ccc(OCC)cc1C)OCCCC. The third-order valence-electron chi connectivity index (χ3n) is 3.95. The van der Waals surface area contributed by atoms with Gasteiger partial charge >= 0.3 is 0 Å². The fourth-order valence-electron chi connectivity index (χ4n) is 2.48. The molecule has 132 valence electrons. The second-order valence-corrected chi connectivity index (χ2v) is 6.24. The van der Waals surface area contributed by atoms with Gasteiger partial charge in [0.05, 0.1) is 19.8 Å². The zero-order valence-electron chi connectivity index (χ0n) is 15.6. The molecular weight excluding hydrogens is 288 g/mol. The highest BCUT2D eigenvalue weighted by molar-refractivity contribution is 5.35. The van der Waals surface area contributed by atoms with Crippen LogP contribution in [0.2, 0.25) is 0 Å². The molecule has 1 rings (SSSR count). The summed E-state index contributed by atoms with van der Waals surface area (Å²) in [7, 11) is 0. The van der Waals surface area contributed by atoms with E-state index in [1.807, 2.05) is 13.0 Å². The molecule has 1 aromatic rings. The molecule has 0 heterocycles. The van der Waals surface area contributed by atoms with Crippen LogP contribution in [0, 0.1) is 6.92 Å². The number of hydrogen-bond donors (Lipinski definition) is 0. The second kappa shape index (κ2) is 10.7. The number of hydrogen-bond acceptors (Lipinski definition) is 3. The fraction of sp³-hybridized carbons (Fsp3) is 0.700. The van der Waals surface area contributed by atoms with Crippen LogP contribution in [0.5, 0.6) is 5.75 Å². The molecule has 0 aliphatic heterocycles. The Labute approximate surface area is 142 Å². The Hall–Kier alpha value is -1.06. The van der Waals surface area contributed by atoms with Crippen molar-refractivity contribution in [3.05, 3.63) is 29.3 Å². The van der Waals surface area contributed by atoms with Crippen molar-refractivity contribution in [2.75, 3.05) is 19.8 Å². The first-order chi connectivity index (χ1) is 11.0. The summed E-state index contributed by atoms with van der Waals surface area (Å²) >= 11 is 0. The van der Waals surface area contributed by atoms with Crippen molar-refractivity contribution in [1.29, 1.82) is 0 Å². The Morgan fingerprint density at radius 2 is 1.57 bits per heavy atom. The monoisotopic (exact) mass is 322 g/mol. The largest absolute Gasteiger partial charge is 0.494 e. The molecule has 0 saturated heterocycles. The van der Waals surface area contributed by atoms with E-state index in [1.165, 1.54) is 11.1 Å². The van der Waals surface area contributed by atoms with Gasteiger partial charge in [0, 0.05) is 6.42 Å². The summed E-state index contributed by atoms with van der Waals surface area (Å²) < 4.78 is 17.8. The minimum Gasteiger partial charge on any atom is -0.494 e. The first kappa shape index (κ1) is 20.0. The summed E-state index contributed by atoms with van der Waals surface area (Å²) in [6.07, 6.45) is 5.16. The number of rotatable bonds is 12. The van der Waals surface area contributed by atoms with Crippen LogP contribution in [0.1, 0.15) is 64.5 Å². The summed E-state index contributed by atoms with van der Waals surface area (Å²) in [4.78, 5) is 0. The van der Waals surface area contributed by atoms with Gasteiger partial charge in [0.25, 0.3) is 0 Å². The summed E-state index contributed by atoms with van der Waals surface area (Å²) in [6, 6.07) is 6.26. The molecule has 0 atom stereocenters. The van der Waals surface area contributed by atoms with E-state index in [9.17, 15) is 0 Å². The summed E-state index contributed by atoms with van der Waals surface area (Å²) in [5, 5.41) is 0. The lowest BCUT2D eigenvalue weighted by atomic mass is 10.0. The van der Waals surface area contributed by atoms with Gasteiger partial charge < -0.3 is 14.2 Å². The van der Waals surface area contributed by atoms with Gasteiger partial charge in [0.1, 0.15) is 5.75 Å². The molecule has 3 heteroatoms. The molecule has 0 saturated carbocycles. The van der Waals surface area contributed by atoms with Gasteiger partial charge in [-0.3, -0.25) is 0 Å². The first-order valence-corrected chi connectivity index (χ1v) is 9.04. The third-order valence-corrected chi connectivity index (χ3v) is 3.95. The van der Waals surface area contributed by atoms with Crippen molar-refractivity contribution in [1.82, 2.24) is 0 Å². The van der Waals surface area contributed by atoms with E-state index in [4.69, 9.17) is 14.2 Å². The van der Waals surface area contributed by atoms with Gasteiger partial charge in [-0.15, -0.1) is 0 Å². The minimum atomic E-state index is -0.553. The molecule has 0 N–H and O–H groups in total. The maximum Gasteiger partial charge on any atom is 0.169 e. The third kappa shape index (κ3) is 7.36. The van der Waals surface area contributed by atoms with E-state index < -0.39 is 5.79 Å². The lowest BCUT2D eigenvalue weighted by Gasteiger charge is -2.31. The van der Waals surface area contributed by atoms with Crippen molar-refractivity contribution in [3.63, 3.8) is 0 Å². The van der Waals surface area contributed by atoms with E-state index in [1.54, 1.807) is 0 Å². The van der Waals surface area contributed by atoms with Crippen LogP contribution in [-0.4, -0.2) is 25.6 Å². The quantitative estimate of drug-likeness (QED) is 0.387. The van der Waals surface area contributed by atoms with E-state index in [-0.39, 0.29) is 0 Å². The van der Waals surface area contributed by atoms with E-state index in [0.29, 0.717) is 6.61 Å². The standard InChI is InChI=1S/C20H34O3/c1-6-9-13-22-20(5,23-14-10-7-2)16-18-11-12-19(21-8-3)15-17(18)4/h11-12,15H,6-10,13-14,16H2,1-5H3. The zero-order chi connectivity index (χ0) is 17.1. The highest BCUT2D eigenvalue weighted by Crippen LogP contribution is 2.25. The molecule has 0 aliphatic rings. The van der Waals surface area contributed by atoms with Crippen molar-refractivity contribution in [3.8, 4) is 5.75 Å². The summed E-state index contributed by atoms with van der Waals surface area (Å²) in [5.74, 6) is 0.372. The van der Waals surface area contributed by atoms with E-state index >= 15 is 0 Å². The van der Waals surface area contributed by atoms with Crippen molar-refractivity contribution in [2.45, 2.75) is 72.5 Å². The van der Waals surface area contributed by atoms with Crippen molar-refractivity contribution in [2.24, 2.45) is 0 Å². The average Bonchev–Trinajstić information content (AvgIpc) is 2.51. The molecule has 0 aromatic heterocycles. The Balaban J connectivity index is 2.77. The topological polar surface area (TPSA) is 27.7 Å². The molecular formula is C20H34O3. The summed E-state index contributed by atoms with van der Waals surface area (Å²) in [5.41, 5.74) is 2.48. The van der Waals surface area contributed by atoms with Crippen LogP contribution in [0.3, 0.4) is 0 Å². The first-order valence-electron chi connectivity index (χ1n) is 9.04. The molecule has 0 aliphatic carbocycles. The molecule has 3 nitrogen and oxygen atoms in total. The van der Waals surface area contributed by atoms with Crippen LogP contribution < -0.4 is 4.74 Å². The van der Waals surface area contributed by atoms with Gasteiger partial charge in [0.15, 0.2) is 5.79 Å². The number of ether oxygens (including phenoxy) is 3. The minimum absolute atomic E-state index is 0.553. The maximum atomic E-state index is 6.10. The Morgan fingerprint density at radius 3 is 2.04 bits per heavy atom. The molecule has 23 heavy (non-hydrogen) atoms. The highest BCUT2D eigenvalue weighted by Gasteiger charge is 2.27. The fourth-order valence-corrected chi connectivity index (χ4v) is 2.48. The average molecular weight is 322 g/mol. The van der Waals surface area contributed by atoms with Gasteiger partial charge in [-0.2, -0.15) is 0 Å². The van der Waals surface area contributed by atoms with Crippen molar-refractivity contribution >= 4 is 0 Å². The zero-order valence-corrected chi connectivity index (χ0v) is 15.6. The van der Waals surface area contributed by atoms with Crippen LogP contribution in [-0.2, 0) is 15.9 Å². The number of benzene rings is 1. The molecule has 0 spiro atoms. The van der Waals surface area contributed by atoms with Crippen molar-refractivity contribution < 1.29 is 14.2 Å². The highest BCUT2D eigenvalue weighted by atomic mass is 16.7. The maximum absolute atomic E-state index is 6.10. The number of unbranched alkanes of at least 4 members (excludes halogenated alkanes) is 2. The molecule has 0 amide bonds. The predicted molar refractivity (Wildman–Crippen MR) is 96.2 cm³/mol. The normalized spacial score (nSPS) is 11.7. The van der Waals surface area contributed by atoms with Gasteiger partial charge in [-0.25, -0.2) is 0 Å². The molecule has 0 unspecified atom stereocenters. The Kier molecular flexibility index (Phi) is 9.27. The predicted octanol–water partition coefficient (Wildman–Crippen LogP) is 5.29. The summed E-state index contributed by atoms with van der Waals surface area (Å²) in [6.45, 7) is 12.7. The molecule has 0 radical (unpaired) electrons. The van der Waals surface area contributed by atoms with Crippen LogP contribution in [0.15, 0.2) is 18.2 Å². The Morgan fingerprint density at radius 1 is 0.957 bits per heavy atom. The van der Waals surface area contributed by atoms with Gasteiger partial charge in [0.2, 0.25) is 0 Å². The molecule has 0 bridgehead atoms. The van der Waals surface area contributed by atoms with Crippen LogP contribution in [0.4, 0.5) is 0 Å². The van der Waals surface area contributed by atoms with Crippen LogP contribution in [0.25, 0.3) is 0 Å². The number of aryl methyl sites for hydroxylation is 1. The molecule has 1 aromatic carbocycles. The van der Waals surface area contributed by atoms with Gasteiger partial charge in [-0.1, -0.05) is 32.8 Å².